The normalized spacial score (nSPS) is 15.0. The Kier molecular flexibility index (Phi) is 5.87. The van der Waals surface area contributed by atoms with Crippen molar-refractivity contribution in [1.82, 2.24) is 9.80 Å². The lowest BCUT2D eigenvalue weighted by atomic mass is 10.2. The van der Waals surface area contributed by atoms with E-state index in [9.17, 15) is 9.59 Å². The molecule has 0 spiro atoms. The van der Waals surface area contributed by atoms with Gasteiger partial charge in [-0.2, -0.15) is 0 Å². The van der Waals surface area contributed by atoms with Gasteiger partial charge in [0.15, 0.2) is 0 Å². The number of amides is 2. The van der Waals surface area contributed by atoms with Crippen LogP contribution in [-0.2, 0) is 4.79 Å². The van der Waals surface area contributed by atoms with E-state index in [0.717, 1.165) is 17.0 Å². The van der Waals surface area contributed by atoms with Gasteiger partial charge >= 0.3 is 0 Å². The molecule has 2 heterocycles. The molecule has 144 valence electrons. The number of furan rings is 1. The first-order valence-corrected chi connectivity index (χ1v) is 9.36. The number of piperazine rings is 1. The maximum absolute atomic E-state index is 12.6. The molecule has 0 aliphatic carbocycles. The van der Waals surface area contributed by atoms with Gasteiger partial charge < -0.3 is 14.6 Å². The molecule has 27 heavy (non-hydrogen) atoms. The molecule has 0 radical (unpaired) electrons. The van der Waals surface area contributed by atoms with Crippen LogP contribution in [0, 0.1) is 20.8 Å². The highest BCUT2D eigenvalue weighted by Crippen LogP contribution is 2.23. The highest BCUT2D eigenvalue weighted by Gasteiger charge is 2.25. The van der Waals surface area contributed by atoms with Crippen molar-refractivity contribution in [3.05, 3.63) is 51.9 Å². The molecule has 3 rings (SSSR count). The topological polar surface area (TPSA) is 65.8 Å². The highest BCUT2D eigenvalue weighted by molar-refractivity contribution is 6.31. The fourth-order valence-corrected chi connectivity index (χ4v) is 3.43. The van der Waals surface area contributed by atoms with Gasteiger partial charge in [0.05, 0.1) is 12.1 Å². The molecule has 1 fully saturated rings. The first-order chi connectivity index (χ1) is 12.8. The van der Waals surface area contributed by atoms with Gasteiger partial charge in [0.25, 0.3) is 5.91 Å². The minimum absolute atomic E-state index is 0.0111. The molecule has 1 saturated heterocycles. The third-order valence-electron chi connectivity index (χ3n) is 4.84. The molecule has 2 aromatic rings. The maximum Gasteiger partial charge on any atom is 0.257 e. The molecular formula is C20H24ClN3O3. The van der Waals surface area contributed by atoms with Gasteiger partial charge in [-0.1, -0.05) is 17.7 Å². The first-order valence-electron chi connectivity index (χ1n) is 8.99. The summed E-state index contributed by atoms with van der Waals surface area (Å²) in [4.78, 5) is 28.8. The molecule has 0 bridgehead atoms. The summed E-state index contributed by atoms with van der Waals surface area (Å²) in [6.45, 7) is 8.30. The van der Waals surface area contributed by atoms with Crippen LogP contribution in [0.5, 0.6) is 0 Å². The summed E-state index contributed by atoms with van der Waals surface area (Å²) in [5, 5.41) is 3.54. The van der Waals surface area contributed by atoms with Gasteiger partial charge in [-0.05, 0) is 44.5 Å². The monoisotopic (exact) mass is 389 g/mol. The van der Waals surface area contributed by atoms with E-state index < -0.39 is 0 Å². The summed E-state index contributed by atoms with van der Waals surface area (Å²) >= 11 is 6.09. The molecule has 6 nitrogen and oxygen atoms in total. The third-order valence-corrected chi connectivity index (χ3v) is 5.25. The number of rotatable bonds is 4. The van der Waals surface area contributed by atoms with E-state index in [4.69, 9.17) is 16.0 Å². The largest absolute Gasteiger partial charge is 0.466 e. The summed E-state index contributed by atoms with van der Waals surface area (Å²) < 4.78 is 5.45. The molecule has 0 saturated carbocycles. The lowest BCUT2D eigenvalue weighted by Crippen LogP contribution is -2.50. The number of benzene rings is 1. The van der Waals surface area contributed by atoms with Crippen molar-refractivity contribution in [3.63, 3.8) is 0 Å². The van der Waals surface area contributed by atoms with Gasteiger partial charge in [0, 0.05) is 36.9 Å². The Hall–Kier alpha value is -2.31. The Labute approximate surface area is 164 Å². The van der Waals surface area contributed by atoms with Gasteiger partial charge in [-0.15, -0.1) is 0 Å². The summed E-state index contributed by atoms with van der Waals surface area (Å²) in [5.41, 5.74) is 2.20. The van der Waals surface area contributed by atoms with Crippen molar-refractivity contribution in [1.29, 1.82) is 0 Å². The van der Waals surface area contributed by atoms with Crippen molar-refractivity contribution in [2.75, 3.05) is 38.0 Å². The minimum Gasteiger partial charge on any atom is -0.466 e. The van der Waals surface area contributed by atoms with Crippen LogP contribution in [0.25, 0.3) is 0 Å². The van der Waals surface area contributed by atoms with E-state index >= 15 is 0 Å². The van der Waals surface area contributed by atoms with Crippen molar-refractivity contribution in [3.8, 4) is 0 Å². The zero-order chi connectivity index (χ0) is 19.6. The van der Waals surface area contributed by atoms with Crippen molar-refractivity contribution >= 4 is 29.1 Å². The molecule has 7 heteroatoms. The minimum atomic E-state index is -0.0820. The number of carbonyl (C=O) groups is 2. The number of halogens is 1. The van der Waals surface area contributed by atoms with E-state index in [1.807, 2.05) is 35.8 Å². The zero-order valence-corrected chi connectivity index (χ0v) is 16.6. The average Bonchev–Trinajstić information content (AvgIpc) is 2.97. The standard InChI is InChI=1S/C20H24ClN3O3/c1-13-11-16(15(3)27-13)20(26)24-9-7-23(8-10-24)12-19(25)22-18-6-4-5-17(21)14(18)2/h4-6,11H,7-10,12H2,1-3H3,(H,22,25). The molecule has 1 N–H and O–H groups in total. The quantitative estimate of drug-likeness (QED) is 0.871. The molecule has 2 amide bonds. The Morgan fingerprint density at radius 2 is 1.85 bits per heavy atom. The molecule has 1 aliphatic rings. The van der Waals surface area contributed by atoms with Crippen LogP contribution in [0.15, 0.2) is 28.7 Å². The molecule has 1 aromatic heterocycles. The predicted octanol–water partition coefficient (Wildman–Crippen LogP) is 3.25. The second-order valence-electron chi connectivity index (χ2n) is 6.86. The van der Waals surface area contributed by atoms with Gasteiger partial charge in [0.1, 0.15) is 11.5 Å². The van der Waals surface area contributed by atoms with Crippen LogP contribution in [0.3, 0.4) is 0 Å². The second kappa shape index (κ2) is 8.15. The van der Waals surface area contributed by atoms with Crippen LogP contribution in [0.4, 0.5) is 5.69 Å². The van der Waals surface area contributed by atoms with Crippen LogP contribution in [0.2, 0.25) is 5.02 Å². The Bertz CT molecular complexity index is 854. The van der Waals surface area contributed by atoms with Crippen molar-refractivity contribution < 1.29 is 14.0 Å². The molecule has 1 aliphatic heterocycles. The first kappa shape index (κ1) is 19.5. The molecular weight excluding hydrogens is 366 g/mol. The smallest absolute Gasteiger partial charge is 0.257 e. The van der Waals surface area contributed by atoms with Crippen LogP contribution >= 0.6 is 11.6 Å². The van der Waals surface area contributed by atoms with Crippen LogP contribution in [-0.4, -0.2) is 54.3 Å². The van der Waals surface area contributed by atoms with Crippen LogP contribution in [0.1, 0.15) is 27.4 Å². The number of anilines is 1. The Morgan fingerprint density at radius 3 is 2.48 bits per heavy atom. The summed E-state index contributed by atoms with van der Waals surface area (Å²) in [7, 11) is 0. The second-order valence-corrected chi connectivity index (χ2v) is 7.26. The number of hydrogen-bond acceptors (Lipinski definition) is 4. The number of nitrogens with zero attached hydrogens (tertiary/aromatic N) is 2. The Morgan fingerprint density at radius 1 is 1.15 bits per heavy atom. The number of aryl methyl sites for hydroxylation is 2. The predicted molar refractivity (Wildman–Crippen MR) is 105 cm³/mol. The number of nitrogens with one attached hydrogen (secondary N) is 1. The lowest BCUT2D eigenvalue weighted by molar-refractivity contribution is -0.117. The Balaban J connectivity index is 1.52. The van der Waals surface area contributed by atoms with Crippen molar-refractivity contribution in [2.45, 2.75) is 20.8 Å². The third kappa shape index (κ3) is 4.51. The van der Waals surface area contributed by atoms with Gasteiger partial charge in [-0.3, -0.25) is 14.5 Å². The summed E-state index contributed by atoms with van der Waals surface area (Å²) in [6, 6.07) is 7.23. The summed E-state index contributed by atoms with van der Waals surface area (Å²) in [6.07, 6.45) is 0. The lowest BCUT2D eigenvalue weighted by Gasteiger charge is -2.34. The zero-order valence-electron chi connectivity index (χ0n) is 15.8. The fourth-order valence-electron chi connectivity index (χ4n) is 3.26. The summed E-state index contributed by atoms with van der Waals surface area (Å²) in [5.74, 6) is 1.29. The number of hydrogen-bond donors (Lipinski definition) is 1. The van der Waals surface area contributed by atoms with Crippen molar-refractivity contribution in [2.24, 2.45) is 0 Å². The van der Waals surface area contributed by atoms with E-state index in [1.54, 1.807) is 19.1 Å². The molecule has 0 unspecified atom stereocenters. The molecule has 1 aromatic carbocycles. The fraction of sp³-hybridized carbons (Fsp3) is 0.400. The SMILES string of the molecule is Cc1cc(C(=O)N2CCN(CC(=O)Nc3cccc(Cl)c3C)CC2)c(C)o1. The van der Waals surface area contributed by atoms with E-state index in [-0.39, 0.29) is 18.4 Å². The van der Waals surface area contributed by atoms with E-state index in [0.29, 0.717) is 42.5 Å². The highest BCUT2D eigenvalue weighted by atomic mass is 35.5. The average molecular weight is 390 g/mol. The maximum atomic E-state index is 12.6. The van der Waals surface area contributed by atoms with Crippen LogP contribution < -0.4 is 5.32 Å². The van der Waals surface area contributed by atoms with E-state index in [1.165, 1.54) is 0 Å². The van der Waals surface area contributed by atoms with Gasteiger partial charge in [-0.25, -0.2) is 0 Å². The number of carbonyl (C=O) groups excluding carboxylic acids is 2. The molecule has 0 atom stereocenters. The van der Waals surface area contributed by atoms with E-state index in [2.05, 4.69) is 5.32 Å². The van der Waals surface area contributed by atoms with Gasteiger partial charge in [0.2, 0.25) is 5.91 Å².